The maximum atomic E-state index is 15.8. The lowest BCUT2D eigenvalue weighted by Crippen LogP contribution is -2.40. The Kier molecular flexibility index (Phi) is 6.59. The molecule has 0 fully saturated rings. The van der Waals surface area contributed by atoms with Crippen LogP contribution in [0.1, 0.15) is 54.7 Å². The second-order valence-electron chi connectivity index (χ2n) is 9.56. The van der Waals surface area contributed by atoms with Crippen LogP contribution in [0.4, 0.5) is 4.39 Å². The number of benzene rings is 1. The number of halogens is 1. The molecule has 0 saturated carbocycles. The van der Waals surface area contributed by atoms with Gasteiger partial charge >= 0.3 is 0 Å². The number of aromatic nitrogens is 3. The standard InChI is InChI=1S/C26H32FN5O2/c1-16(2)19-12-20(23(27)24-21(19)13-22(29-24)26(34)30(4)5)18-8-6-10-31(15-18)25(33)17(3)14-32-11-7-9-28-32/h7-9,11-13,16-17,29H,6,10,14-15H2,1-5H3/t17-/m0/s1. The van der Waals surface area contributed by atoms with Crippen LogP contribution in [-0.4, -0.2) is 63.6 Å². The van der Waals surface area contributed by atoms with Gasteiger partial charge < -0.3 is 14.8 Å². The van der Waals surface area contributed by atoms with E-state index < -0.39 is 0 Å². The van der Waals surface area contributed by atoms with Gasteiger partial charge in [-0.05, 0) is 41.7 Å². The molecule has 7 nitrogen and oxygen atoms in total. The number of nitrogens with one attached hydrogen (secondary N) is 1. The van der Waals surface area contributed by atoms with Gasteiger partial charge in [0.2, 0.25) is 5.91 Å². The fourth-order valence-electron chi connectivity index (χ4n) is 4.56. The van der Waals surface area contributed by atoms with Crippen molar-refractivity contribution in [2.24, 2.45) is 5.92 Å². The van der Waals surface area contributed by atoms with Crippen molar-refractivity contribution in [2.75, 3.05) is 27.2 Å². The van der Waals surface area contributed by atoms with Gasteiger partial charge in [-0.25, -0.2) is 4.39 Å². The molecular formula is C26H32FN5O2. The van der Waals surface area contributed by atoms with Crippen LogP contribution in [0.5, 0.6) is 0 Å². The molecule has 3 aromatic rings. The summed E-state index contributed by atoms with van der Waals surface area (Å²) in [6, 6.07) is 5.46. The number of rotatable bonds is 6. The van der Waals surface area contributed by atoms with Crippen molar-refractivity contribution in [1.29, 1.82) is 0 Å². The van der Waals surface area contributed by atoms with Crippen molar-refractivity contribution in [3.8, 4) is 0 Å². The summed E-state index contributed by atoms with van der Waals surface area (Å²) in [6.07, 6.45) is 6.22. The number of fused-ring (bicyclic) bond motifs is 1. The van der Waals surface area contributed by atoms with Gasteiger partial charge in [0.15, 0.2) is 5.82 Å². The van der Waals surface area contributed by atoms with Gasteiger partial charge in [-0.3, -0.25) is 14.3 Å². The third kappa shape index (κ3) is 4.49. The highest BCUT2D eigenvalue weighted by Gasteiger charge is 2.27. The number of nitrogens with zero attached hydrogens (tertiary/aromatic N) is 4. The molecule has 1 aliphatic rings. The summed E-state index contributed by atoms with van der Waals surface area (Å²) in [5.74, 6) is -0.656. The van der Waals surface area contributed by atoms with E-state index in [4.69, 9.17) is 0 Å². The molecule has 1 N–H and O–H groups in total. The molecule has 4 rings (SSSR count). The second-order valence-corrected chi connectivity index (χ2v) is 9.56. The highest BCUT2D eigenvalue weighted by molar-refractivity contribution is 6.00. The molecule has 2 aromatic heterocycles. The molecule has 0 radical (unpaired) electrons. The Bertz CT molecular complexity index is 1240. The molecule has 34 heavy (non-hydrogen) atoms. The van der Waals surface area contributed by atoms with Crippen molar-refractivity contribution in [2.45, 2.75) is 39.7 Å². The molecule has 1 aromatic carbocycles. The average molecular weight is 466 g/mol. The highest BCUT2D eigenvalue weighted by Crippen LogP contribution is 2.35. The zero-order chi connectivity index (χ0) is 24.6. The third-order valence-electron chi connectivity index (χ3n) is 6.39. The fourth-order valence-corrected chi connectivity index (χ4v) is 4.56. The number of hydrogen-bond donors (Lipinski definition) is 1. The molecule has 0 unspecified atom stereocenters. The van der Waals surface area contributed by atoms with Crippen molar-refractivity contribution in [3.05, 3.63) is 59.3 Å². The quantitative estimate of drug-likeness (QED) is 0.591. The van der Waals surface area contributed by atoms with E-state index in [0.717, 1.165) is 16.5 Å². The maximum absolute atomic E-state index is 15.8. The minimum Gasteiger partial charge on any atom is -0.348 e. The van der Waals surface area contributed by atoms with Crippen molar-refractivity contribution in [3.63, 3.8) is 0 Å². The summed E-state index contributed by atoms with van der Waals surface area (Å²) in [6.45, 7) is 7.47. The van der Waals surface area contributed by atoms with E-state index in [9.17, 15) is 9.59 Å². The van der Waals surface area contributed by atoms with Gasteiger partial charge in [0.05, 0.1) is 18.0 Å². The molecule has 180 valence electrons. The summed E-state index contributed by atoms with van der Waals surface area (Å²) in [7, 11) is 3.34. The van der Waals surface area contributed by atoms with E-state index in [1.807, 2.05) is 31.3 Å². The minimum atomic E-state index is -0.387. The fraction of sp³-hybridized carbons (Fsp3) is 0.423. The van der Waals surface area contributed by atoms with Crippen LogP contribution < -0.4 is 0 Å². The van der Waals surface area contributed by atoms with E-state index in [-0.39, 0.29) is 29.5 Å². The van der Waals surface area contributed by atoms with Crippen LogP contribution in [0.2, 0.25) is 0 Å². The smallest absolute Gasteiger partial charge is 0.269 e. The number of aromatic amines is 1. The number of amides is 2. The largest absolute Gasteiger partial charge is 0.348 e. The van der Waals surface area contributed by atoms with Crippen LogP contribution in [0, 0.1) is 11.7 Å². The Balaban J connectivity index is 1.66. The van der Waals surface area contributed by atoms with Gasteiger partial charge in [0.1, 0.15) is 5.69 Å². The summed E-state index contributed by atoms with van der Waals surface area (Å²) >= 11 is 0. The Labute approximate surface area is 199 Å². The number of carbonyl (C=O) groups is 2. The van der Waals surface area contributed by atoms with Crippen LogP contribution in [-0.2, 0) is 11.3 Å². The lowest BCUT2D eigenvalue weighted by Gasteiger charge is -2.30. The van der Waals surface area contributed by atoms with Gasteiger partial charge in [0, 0.05) is 50.5 Å². The maximum Gasteiger partial charge on any atom is 0.269 e. The van der Waals surface area contributed by atoms with Gasteiger partial charge in [0.25, 0.3) is 5.91 Å². The molecule has 0 saturated heterocycles. The predicted octanol–water partition coefficient (Wildman–Crippen LogP) is 4.28. The average Bonchev–Trinajstić information content (AvgIpc) is 3.48. The van der Waals surface area contributed by atoms with E-state index in [1.165, 1.54) is 4.90 Å². The predicted molar refractivity (Wildman–Crippen MR) is 131 cm³/mol. The van der Waals surface area contributed by atoms with Gasteiger partial charge in [-0.2, -0.15) is 5.10 Å². The Morgan fingerprint density at radius 2 is 2.00 bits per heavy atom. The first-order chi connectivity index (χ1) is 16.2. The van der Waals surface area contributed by atoms with Crippen LogP contribution in [0.25, 0.3) is 16.5 Å². The van der Waals surface area contributed by atoms with E-state index in [0.29, 0.717) is 42.8 Å². The number of H-pyrrole nitrogens is 1. The van der Waals surface area contributed by atoms with E-state index >= 15 is 4.39 Å². The number of hydrogen-bond acceptors (Lipinski definition) is 3. The first-order valence-electron chi connectivity index (χ1n) is 11.7. The lowest BCUT2D eigenvalue weighted by molar-refractivity contribution is -0.135. The molecule has 1 atom stereocenters. The Hall–Kier alpha value is -3.42. The van der Waals surface area contributed by atoms with E-state index in [2.05, 4.69) is 23.9 Å². The Morgan fingerprint density at radius 3 is 2.65 bits per heavy atom. The lowest BCUT2D eigenvalue weighted by atomic mass is 9.91. The molecule has 2 amide bonds. The molecule has 3 heterocycles. The van der Waals surface area contributed by atoms with Crippen LogP contribution >= 0.6 is 0 Å². The van der Waals surface area contributed by atoms with Crippen LogP contribution in [0.3, 0.4) is 0 Å². The van der Waals surface area contributed by atoms with Gasteiger partial charge in [-0.1, -0.05) is 26.8 Å². The highest BCUT2D eigenvalue weighted by atomic mass is 19.1. The molecule has 8 heteroatoms. The normalized spacial score (nSPS) is 15.0. The van der Waals surface area contributed by atoms with E-state index in [1.54, 1.807) is 35.9 Å². The molecule has 0 spiro atoms. The molecule has 0 bridgehead atoms. The van der Waals surface area contributed by atoms with Crippen molar-refractivity contribution < 1.29 is 14.0 Å². The first-order valence-corrected chi connectivity index (χ1v) is 11.7. The Morgan fingerprint density at radius 1 is 1.24 bits per heavy atom. The van der Waals surface area contributed by atoms with Crippen molar-refractivity contribution >= 4 is 28.3 Å². The molecular weight excluding hydrogens is 433 g/mol. The molecule has 0 aliphatic carbocycles. The second kappa shape index (κ2) is 9.44. The zero-order valence-corrected chi connectivity index (χ0v) is 20.4. The first kappa shape index (κ1) is 23.7. The monoisotopic (exact) mass is 465 g/mol. The zero-order valence-electron chi connectivity index (χ0n) is 20.4. The number of carbonyl (C=O) groups excluding carboxylic acids is 2. The summed E-state index contributed by atoms with van der Waals surface area (Å²) in [5, 5.41) is 4.91. The summed E-state index contributed by atoms with van der Waals surface area (Å²) in [5.41, 5.74) is 2.95. The topological polar surface area (TPSA) is 74.2 Å². The summed E-state index contributed by atoms with van der Waals surface area (Å²) in [4.78, 5) is 31.9. The third-order valence-corrected chi connectivity index (χ3v) is 6.39. The molecule has 1 aliphatic heterocycles. The SMILES string of the molecule is CC(C)c1cc(C2=CCCN(C(=O)[C@@H](C)Cn3cccn3)C2)c(F)c2[nH]c(C(=O)N(C)C)cc12. The van der Waals surface area contributed by atoms with Gasteiger partial charge in [-0.15, -0.1) is 0 Å². The minimum absolute atomic E-state index is 0.0328. The summed E-state index contributed by atoms with van der Waals surface area (Å²) < 4.78 is 17.6. The van der Waals surface area contributed by atoms with Crippen molar-refractivity contribution in [1.82, 2.24) is 24.6 Å². The van der Waals surface area contributed by atoms with Crippen LogP contribution in [0.15, 0.2) is 36.7 Å².